The van der Waals surface area contributed by atoms with E-state index in [0.29, 0.717) is 44.5 Å². The van der Waals surface area contributed by atoms with Gasteiger partial charge in [-0.15, -0.1) is 0 Å². The molecule has 16 aromatic rings. The zero-order valence-corrected chi connectivity index (χ0v) is 42.8. The summed E-state index contributed by atoms with van der Waals surface area (Å²) in [6, 6.07) is 64.9. The standard InChI is InChI=1S/2C40H26/c1-2-14-28(15-3-1)39-35-18-6-8-20-37(35)40(38-21-9-7-19-36(38)39)34-26-12-24-32-31(23-11-25-33(32)34)30-22-10-16-27-13-4-5-17-29(27)30;1-2-13-28(14-3-1)39-35-16-6-8-18-37(35)40(38-19-9-7-17-36(38)39)34-23-11-21-32-31(20-10-22-33(32)34)30-25-24-27-12-4-5-15-29(27)26-30/h2*1-26H/i6D,7D,8D,9D,18D,19D,20D,21D;6D,7D,8D,9D,16D,17D,18D,19D. The molecule has 0 atom stereocenters. The molecule has 80 heavy (non-hydrogen) atoms. The Morgan fingerprint density at radius 1 is 0.175 bits per heavy atom. The summed E-state index contributed by atoms with van der Waals surface area (Å²) in [7, 11) is 0. The fourth-order valence-corrected chi connectivity index (χ4v) is 11.9. The van der Waals surface area contributed by atoms with Crippen LogP contribution in [0.3, 0.4) is 0 Å². The van der Waals surface area contributed by atoms with Crippen LogP contribution in [0.25, 0.3) is 153 Å². The van der Waals surface area contributed by atoms with Gasteiger partial charge < -0.3 is 0 Å². The van der Waals surface area contributed by atoms with Crippen molar-refractivity contribution in [3.63, 3.8) is 0 Å². The van der Waals surface area contributed by atoms with Gasteiger partial charge in [-0.1, -0.05) is 309 Å². The van der Waals surface area contributed by atoms with Gasteiger partial charge in [0.15, 0.2) is 0 Å². The van der Waals surface area contributed by atoms with E-state index in [1.807, 2.05) is 109 Å². The predicted molar refractivity (Wildman–Crippen MR) is 346 cm³/mol. The minimum Gasteiger partial charge on any atom is -0.0622 e. The molecule has 0 aliphatic carbocycles. The van der Waals surface area contributed by atoms with E-state index in [-0.39, 0.29) is 91.4 Å². The van der Waals surface area contributed by atoms with Gasteiger partial charge in [0.2, 0.25) is 0 Å². The van der Waals surface area contributed by atoms with Gasteiger partial charge in [-0.3, -0.25) is 0 Å². The number of rotatable bonds is 6. The van der Waals surface area contributed by atoms with Crippen molar-refractivity contribution in [3.8, 4) is 66.8 Å². The second-order valence-electron chi connectivity index (χ2n) is 19.7. The molecule has 16 aromatic carbocycles. The molecule has 0 fully saturated rings. The van der Waals surface area contributed by atoms with Crippen LogP contribution in [-0.2, 0) is 0 Å². The van der Waals surface area contributed by atoms with Gasteiger partial charge in [0.25, 0.3) is 0 Å². The van der Waals surface area contributed by atoms with Crippen LogP contribution in [-0.4, -0.2) is 0 Å². The molecule has 0 heterocycles. The summed E-state index contributed by atoms with van der Waals surface area (Å²) >= 11 is 0. The van der Waals surface area contributed by atoms with E-state index in [1.54, 1.807) is 48.5 Å². The average molecular weight is 1030 g/mol. The molecule has 0 heteroatoms. The second-order valence-corrected chi connectivity index (χ2v) is 19.7. The zero-order valence-electron chi connectivity index (χ0n) is 58.8. The number of hydrogen-bond acceptors (Lipinski definition) is 0. The molecule has 0 aliphatic rings. The SMILES string of the molecule is [2H]c1c([2H])c([2H])c2c(-c3cccc4c(-c5ccc6ccccc6c5)cccc34)c3c([2H])c([2H])c([2H])c([2H])c3c(-c3ccccc3)c2c1[2H].[2H]c1c([2H])c([2H])c2c(-c3cccc4c(-c5cccc6ccccc56)cccc34)c3c([2H])c([2H])c([2H])c([2H])c3c(-c3ccccc3)c2c1[2H]. The van der Waals surface area contributed by atoms with Gasteiger partial charge in [0, 0.05) is 0 Å². The van der Waals surface area contributed by atoms with E-state index in [1.165, 1.54) is 0 Å². The van der Waals surface area contributed by atoms with Crippen molar-refractivity contribution in [3.05, 3.63) is 315 Å². The second kappa shape index (κ2) is 19.9. The van der Waals surface area contributed by atoms with E-state index in [4.69, 9.17) is 13.7 Å². The Morgan fingerprint density at radius 3 is 0.963 bits per heavy atom. The van der Waals surface area contributed by atoms with Crippen LogP contribution in [0.2, 0.25) is 0 Å². The molecule has 16 rings (SSSR count). The topological polar surface area (TPSA) is 0 Å². The highest BCUT2D eigenvalue weighted by atomic mass is 14.2. The highest BCUT2D eigenvalue weighted by molar-refractivity contribution is 6.26. The summed E-state index contributed by atoms with van der Waals surface area (Å²) in [6.07, 6.45) is 0. The van der Waals surface area contributed by atoms with Crippen molar-refractivity contribution >= 4 is 86.2 Å². The van der Waals surface area contributed by atoms with Crippen molar-refractivity contribution in [2.24, 2.45) is 0 Å². The van der Waals surface area contributed by atoms with Crippen LogP contribution < -0.4 is 0 Å². The van der Waals surface area contributed by atoms with Gasteiger partial charge in [0.05, 0.1) is 21.9 Å². The fourth-order valence-electron chi connectivity index (χ4n) is 11.9. The third kappa shape index (κ3) is 7.92. The number of hydrogen-bond donors (Lipinski definition) is 0. The Morgan fingerprint density at radius 2 is 0.487 bits per heavy atom. The molecule has 372 valence electrons. The van der Waals surface area contributed by atoms with Gasteiger partial charge in [0.1, 0.15) is 0 Å². The van der Waals surface area contributed by atoms with Crippen molar-refractivity contribution < 1.29 is 21.9 Å². The van der Waals surface area contributed by atoms with E-state index in [0.717, 1.165) is 65.3 Å². The maximum Gasteiger partial charge on any atom is 0.0629 e. The molecule has 0 unspecified atom stereocenters. The minimum atomic E-state index is -0.412. The lowest BCUT2D eigenvalue weighted by Crippen LogP contribution is -1.92. The maximum atomic E-state index is 9.26. The summed E-state index contributed by atoms with van der Waals surface area (Å²) in [6.45, 7) is 0. The summed E-state index contributed by atoms with van der Waals surface area (Å²) in [5.41, 5.74) is 7.78. The summed E-state index contributed by atoms with van der Waals surface area (Å²) in [5.74, 6) is 0. The van der Waals surface area contributed by atoms with E-state index in [9.17, 15) is 8.22 Å². The van der Waals surface area contributed by atoms with Crippen molar-refractivity contribution in [1.29, 1.82) is 0 Å². The molecule has 0 amide bonds. The highest BCUT2D eigenvalue weighted by Gasteiger charge is 2.21. The highest BCUT2D eigenvalue weighted by Crippen LogP contribution is 2.48. The molecule has 0 bridgehead atoms. The number of fused-ring (bicyclic) bond motifs is 8. The Labute approximate surface area is 488 Å². The zero-order chi connectivity index (χ0) is 66.9. The smallest absolute Gasteiger partial charge is 0.0622 e. The minimum absolute atomic E-state index is 0.209. The summed E-state index contributed by atoms with van der Waals surface area (Å²) < 4.78 is 143. The Hall–Kier alpha value is -10.4. The first-order valence-electron chi connectivity index (χ1n) is 34.4. The van der Waals surface area contributed by atoms with Crippen LogP contribution in [0.15, 0.2) is 315 Å². The van der Waals surface area contributed by atoms with Crippen molar-refractivity contribution in [2.75, 3.05) is 0 Å². The quantitative estimate of drug-likeness (QED) is 0.146. The van der Waals surface area contributed by atoms with Gasteiger partial charge in [-0.2, -0.15) is 0 Å². The van der Waals surface area contributed by atoms with Crippen LogP contribution in [0.1, 0.15) is 21.9 Å². The molecule has 0 aliphatic heterocycles. The molecule has 0 saturated carbocycles. The van der Waals surface area contributed by atoms with Crippen LogP contribution in [0, 0.1) is 0 Å². The molecular weight excluding hydrogens is 961 g/mol. The van der Waals surface area contributed by atoms with E-state index in [2.05, 4.69) is 60.7 Å². The molecule has 0 nitrogen and oxygen atoms in total. The summed E-state index contributed by atoms with van der Waals surface area (Å²) in [4.78, 5) is 0. The number of benzene rings is 16. The Balaban J connectivity index is 0.000000158. The maximum absolute atomic E-state index is 9.26. The lowest BCUT2D eigenvalue weighted by Gasteiger charge is -2.19. The first kappa shape index (κ1) is 33.0. The van der Waals surface area contributed by atoms with Crippen LogP contribution >= 0.6 is 0 Å². The lowest BCUT2D eigenvalue weighted by molar-refractivity contribution is 1.65. The first-order valence-corrected chi connectivity index (χ1v) is 26.4. The lowest BCUT2D eigenvalue weighted by atomic mass is 9.84. The predicted octanol–water partition coefficient (Wildman–Crippen LogP) is 22.6. The molecule has 0 aromatic heterocycles. The normalized spacial score (nSPS) is 14.3. The van der Waals surface area contributed by atoms with Crippen molar-refractivity contribution in [2.45, 2.75) is 0 Å². The van der Waals surface area contributed by atoms with Gasteiger partial charge in [-0.25, -0.2) is 0 Å². The average Bonchev–Trinajstić information content (AvgIpc) is 0.707. The Kier molecular flexibility index (Phi) is 8.20. The summed E-state index contributed by atoms with van der Waals surface area (Å²) in [5, 5.41) is 9.48. The molecular formula is C80H52. The largest absolute Gasteiger partial charge is 0.0629 e. The molecule has 0 spiro atoms. The molecule has 0 radical (unpaired) electrons. The fraction of sp³-hybridized carbons (Fsp3) is 0. The van der Waals surface area contributed by atoms with Gasteiger partial charge >= 0.3 is 0 Å². The van der Waals surface area contributed by atoms with E-state index >= 15 is 0 Å². The molecule has 0 N–H and O–H groups in total. The van der Waals surface area contributed by atoms with Crippen molar-refractivity contribution in [1.82, 2.24) is 0 Å². The van der Waals surface area contributed by atoms with Gasteiger partial charge in [-0.05, 0) is 159 Å². The van der Waals surface area contributed by atoms with Crippen LogP contribution in [0.4, 0.5) is 0 Å². The van der Waals surface area contributed by atoms with E-state index < -0.39 is 48.3 Å². The monoisotopic (exact) mass is 1030 g/mol. The third-order valence-electron chi connectivity index (χ3n) is 15.4. The Bertz CT molecular complexity index is 5860. The first-order chi connectivity index (χ1) is 46.4. The van der Waals surface area contributed by atoms with Crippen LogP contribution in [0.5, 0.6) is 0 Å². The molecule has 0 saturated heterocycles. The third-order valence-corrected chi connectivity index (χ3v) is 15.4.